The summed E-state index contributed by atoms with van der Waals surface area (Å²) < 4.78 is 0. The van der Waals surface area contributed by atoms with Gasteiger partial charge in [-0.15, -0.1) is 11.3 Å². The van der Waals surface area contributed by atoms with E-state index in [1.165, 1.54) is 11.3 Å². The van der Waals surface area contributed by atoms with Gasteiger partial charge in [0.15, 0.2) is 0 Å². The molecule has 0 radical (unpaired) electrons. The fourth-order valence-corrected chi connectivity index (χ4v) is 4.26. The Hall–Kier alpha value is -3.90. The normalized spacial score (nSPS) is 10.6. The molecule has 3 aromatic carbocycles. The minimum atomic E-state index is -0.878. The van der Waals surface area contributed by atoms with Crippen LogP contribution in [-0.2, 0) is 22.4 Å². The Morgan fingerprint density at radius 3 is 2.06 bits per heavy atom. The molecule has 0 spiro atoms. The van der Waals surface area contributed by atoms with Crippen molar-refractivity contribution in [3.63, 3.8) is 0 Å². The maximum Gasteiger partial charge on any atom is 0.307 e. The highest BCUT2D eigenvalue weighted by molar-refractivity contribution is 7.14. The van der Waals surface area contributed by atoms with Crippen molar-refractivity contribution in [1.82, 2.24) is 0 Å². The molecule has 4 rings (SSSR count). The van der Waals surface area contributed by atoms with Gasteiger partial charge in [-0.1, -0.05) is 66.7 Å². The van der Waals surface area contributed by atoms with Crippen molar-refractivity contribution < 1.29 is 19.8 Å². The monoisotopic (exact) mass is 443 g/mol. The summed E-state index contributed by atoms with van der Waals surface area (Å²) >= 11 is 1.46. The summed E-state index contributed by atoms with van der Waals surface area (Å²) in [4.78, 5) is 23.2. The lowest BCUT2D eigenvalue weighted by molar-refractivity contribution is -0.136. The second kappa shape index (κ2) is 9.49. The van der Waals surface area contributed by atoms with Gasteiger partial charge in [-0.05, 0) is 39.9 Å². The smallest absolute Gasteiger partial charge is 0.307 e. The first-order valence-electron chi connectivity index (χ1n) is 10.0. The number of anilines is 1. The van der Waals surface area contributed by atoms with E-state index >= 15 is 0 Å². The third-order valence-electron chi connectivity index (χ3n) is 5.04. The number of nitrogens with one attached hydrogen (secondary N) is 1. The van der Waals surface area contributed by atoms with Crippen LogP contribution in [0, 0.1) is 0 Å². The number of benzene rings is 3. The Balaban J connectivity index is 1.39. The number of rotatable bonds is 7. The van der Waals surface area contributed by atoms with Crippen molar-refractivity contribution in [1.29, 1.82) is 0 Å². The lowest BCUT2D eigenvalue weighted by atomic mass is 10.0. The largest absolute Gasteiger partial charge is 0.507 e. The molecule has 1 aromatic heterocycles. The third-order valence-corrected chi connectivity index (χ3v) is 5.88. The van der Waals surface area contributed by atoms with E-state index in [0.717, 1.165) is 32.8 Å². The first kappa shape index (κ1) is 21.3. The van der Waals surface area contributed by atoms with Gasteiger partial charge in [-0.2, -0.15) is 0 Å². The highest BCUT2D eigenvalue weighted by atomic mass is 32.1. The van der Waals surface area contributed by atoms with Crippen LogP contribution in [0.5, 0.6) is 5.75 Å². The number of aliphatic carboxylic acids is 1. The molecule has 6 heteroatoms. The second-order valence-electron chi connectivity index (χ2n) is 7.41. The summed E-state index contributed by atoms with van der Waals surface area (Å²) in [6, 6.07) is 24.1. The summed E-state index contributed by atoms with van der Waals surface area (Å²) in [7, 11) is 0. The predicted molar refractivity (Wildman–Crippen MR) is 127 cm³/mol. The first-order chi connectivity index (χ1) is 15.5. The molecule has 1 heterocycles. The van der Waals surface area contributed by atoms with E-state index in [4.69, 9.17) is 5.11 Å². The van der Waals surface area contributed by atoms with Crippen molar-refractivity contribution in [2.24, 2.45) is 0 Å². The topological polar surface area (TPSA) is 86.6 Å². The number of amides is 1. The Bertz CT molecular complexity index is 1240. The Kier molecular flexibility index (Phi) is 6.33. The molecule has 5 nitrogen and oxygen atoms in total. The van der Waals surface area contributed by atoms with Crippen LogP contribution in [0.25, 0.3) is 22.3 Å². The quantitative estimate of drug-likeness (QED) is 0.347. The highest BCUT2D eigenvalue weighted by Crippen LogP contribution is 2.33. The lowest BCUT2D eigenvalue weighted by Crippen LogP contribution is -2.13. The summed E-state index contributed by atoms with van der Waals surface area (Å²) in [5.74, 6) is -0.756. The van der Waals surface area contributed by atoms with Gasteiger partial charge in [0.2, 0.25) is 5.91 Å². The van der Waals surface area contributed by atoms with Crippen molar-refractivity contribution in [3.8, 4) is 28.0 Å². The van der Waals surface area contributed by atoms with Gasteiger partial charge in [-0.25, -0.2) is 0 Å². The number of hydrogen-bond donors (Lipinski definition) is 3. The van der Waals surface area contributed by atoms with Gasteiger partial charge in [-0.3, -0.25) is 9.59 Å². The van der Waals surface area contributed by atoms with Crippen LogP contribution >= 0.6 is 11.3 Å². The SMILES string of the molecule is O=C(O)Cc1ccc(CC(=O)Nc2cc(-c3ccc(-c4ccccc4O)cc3)cs2)cc1. The average molecular weight is 444 g/mol. The molecule has 0 fully saturated rings. The summed E-state index contributed by atoms with van der Waals surface area (Å²) in [5, 5.41) is 24.5. The molecule has 0 unspecified atom stereocenters. The molecule has 0 saturated carbocycles. The number of thiophene rings is 1. The number of hydrogen-bond acceptors (Lipinski definition) is 4. The molecule has 160 valence electrons. The fourth-order valence-electron chi connectivity index (χ4n) is 3.43. The molecule has 3 N–H and O–H groups in total. The van der Waals surface area contributed by atoms with Crippen molar-refractivity contribution in [2.45, 2.75) is 12.8 Å². The second-order valence-corrected chi connectivity index (χ2v) is 8.32. The van der Waals surface area contributed by atoms with E-state index < -0.39 is 5.97 Å². The maximum atomic E-state index is 12.4. The maximum absolute atomic E-state index is 12.4. The number of carboxylic acid groups (broad SMARTS) is 1. The zero-order chi connectivity index (χ0) is 22.5. The minimum Gasteiger partial charge on any atom is -0.507 e. The lowest BCUT2D eigenvalue weighted by Gasteiger charge is -2.06. The number of carboxylic acids is 1. The Labute approximate surface area is 189 Å². The highest BCUT2D eigenvalue weighted by Gasteiger charge is 2.09. The number of aromatic hydroxyl groups is 1. The molecular weight excluding hydrogens is 422 g/mol. The van der Waals surface area contributed by atoms with E-state index in [-0.39, 0.29) is 24.5 Å². The number of carbonyl (C=O) groups is 2. The van der Waals surface area contributed by atoms with Crippen LogP contribution < -0.4 is 5.32 Å². The number of para-hydroxylation sites is 1. The Morgan fingerprint density at radius 1 is 0.781 bits per heavy atom. The van der Waals surface area contributed by atoms with Gasteiger partial charge in [0.1, 0.15) is 5.75 Å². The van der Waals surface area contributed by atoms with Gasteiger partial charge >= 0.3 is 5.97 Å². The molecule has 32 heavy (non-hydrogen) atoms. The zero-order valence-corrected chi connectivity index (χ0v) is 17.9. The molecule has 0 aliphatic carbocycles. The van der Waals surface area contributed by atoms with Crippen LogP contribution in [0.4, 0.5) is 5.00 Å². The number of phenolic OH excluding ortho intramolecular Hbond substituents is 1. The van der Waals surface area contributed by atoms with Gasteiger partial charge in [0, 0.05) is 10.9 Å². The van der Waals surface area contributed by atoms with Crippen LogP contribution in [0.3, 0.4) is 0 Å². The van der Waals surface area contributed by atoms with Crippen LogP contribution in [0.15, 0.2) is 84.2 Å². The first-order valence-corrected chi connectivity index (χ1v) is 10.9. The molecule has 0 aliphatic rings. The van der Waals surface area contributed by atoms with Gasteiger partial charge in [0.25, 0.3) is 0 Å². The van der Waals surface area contributed by atoms with E-state index in [1.54, 1.807) is 36.4 Å². The van der Waals surface area contributed by atoms with Crippen LogP contribution in [0.2, 0.25) is 0 Å². The van der Waals surface area contributed by atoms with Crippen molar-refractivity contribution in [2.75, 3.05) is 5.32 Å². The zero-order valence-electron chi connectivity index (χ0n) is 17.1. The molecule has 0 aliphatic heterocycles. The molecule has 0 saturated heterocycles. The molecule has 4 aromatic rings. The molecule has 1 amide bonds. The molecule has 0 bridgehead atoms. The minimum absolute atomic E-state index is 0.0298. The summed E-state index contributed by atoms with van der Waals surface area (Å²) in [6.07, 6.45) is 0.188. The van der Waals surface area contributed by atoms with Crippen LogP contribution in [0.1, 0.15) is 11.1 Å². The standard InChI is InChI=1S/C26H21NO4S/c28-23-4-2-1-3-22(23)20-11-9-19(10-12-20)21-15-25(32-16-21)27-24(29)13-17-5-7-18(8-6-17)14-26(30)31/h1-12,15-16,28H,13-14H2,(H,27,29)(H,30,31). The van der Waals surface area contributed by atoms with Gasteiger partial charge in [0.05, 0.1) is 17.8 Å². The van der Waals surface area contributed by atoms with E-state index in [0.29, 0.717) is 5.56 Å². The van der Waals surface area contributed by atoms with E-state index in [2.05, 4.69) is 5.32 Å². The average Bonchev–Trinajstić information content (AvgIpc) is 3.23. The van der Waals surface area contributed by atoms with Crippen LogP contribution in [-0.4, -0.2) is 22.1 Å². The Morgan fingerprint density at radius 2 is 1.41 bits per heavy atom. The van der Waals surface area contributed by atoms with E-state index in [9.17, 15) is 14.7 Å². The fraction of sp³-hybridized carbons (Fsp3) is 0.0769. The molecule has 0 atom stereocenters. The van der Waals surface area contributed by atoms with Gasteiger partial charge < -0.3 is 15.5 Å². The molecular formula is C26H21NO4S. The van der Waals surface area contributed by atoms with Crippen molar-refractivity contribution >= 4 is 28.2 Å². The van der Waals surface area contributed by atoms with Crippen molar-refractivity contribution in [3.05, 3.63) is 95.4 Å². The summed E-state index contributed by atoms with van der Waals surface area (Å²) in [6.45, 7) is 0. The third kappa shape index (κ3) is 5.22. The summed E-state index contributed by atoms with van der Waals surface area (Å²) in [5.41, 5.74) is 5.28. The van der Waals surface area contributed by atoms with E-state index in [1.807, 2.05) is 47.8 Å². The number of carbonyl (C=O) groups excluding carboxylic acids is 1. The number of phenols is 1. The predicted octanol–water partition coefficient (Wildman–Crippen LogP) is 5.60.